The van der Waals surface area contributed by atoms with Crippen molar-refractivity contribution in [1.82, 2.24) is 4.98 Å². The second-order valence-corrected chi connectivity index (χ2v) is 6.57. The summed E-state index contributed by atoms with van der Waals surface area (Å²) in [5.74, 6) is -1.99. The summed E-state index contributed by atoms with van der Waals surface area (Å²) in [7, 11) is 0. The molecule has 0 bridgehead atoms. The number of carbonyl (C=O) groups excluding carboxylic acids is 2. The van der Waals surface area contributed by atoms with Crippen LogP contribution in [0.1, 0.15) is 12.5 Å². The topological polar surface area (TPSA) is 108 Å². The fourth-order valence-corrected chi connectivity index (χ4v) is 3.02. The van der Waals surface area contributed by atoms with Crippen LogP contribution in [0.5, 0.6) is 0 Å². The number of amides is 1. The van der Waals surface area contributed by atoms with E-state index in [2.05, 4.69) is 16.4 Å². The molecule has 2 aromatic heterocycles. The number of hydrogen-bond donors (Lipinski definition) is 1. The number of aromatic nitrogens is 1. The number of thiazole rings is 1. The van der Waals surface area contributed by atoms with E-state index in [1.54, 1.807) is 17.5 Å². The van der Waals surface area contributed by atoms with Gasteiger partial charge in [-0.1, -0.05) is 23.1 Å². The summed E-state index contributed by atoms with van der Waals surface area (Å²) in [6.45, 7) is 4.39. The number of nitrogens with zero attached hydrogens (tertiary/aromatic N) is 1. The van der Waals surface area contributed by atoms with E-state index in [1.165, 1.54) is 0 Å². The van der Waals surface area contributed by atoms with Crippen LogP contribution in [0.2, 0.25) is 0 Å². The van der Waals surface area contributed by atoms with Gasteiger partial charge in [-0.3, -0.25) is 19.9 Å². The quantitative estimate of drug-likeness (QED) is 0.186. The van der Waals surface area contributed by atoms with Crippen molar-refractivity contribution in [3.63, 3.8) is 0 Å². The number of carbonyl (C=O) groups is 2. The number of nitrogens with one attached hydrogen (secondary N) is 1. The summed E-state index contributed by atoms with van der Waals surface area (Å²) in [6, 6.07) is 8.42. The second-order valence-electron chi connectivity index (χ2n) is 5.71. The number of hydrogen-bond acceptors (Lipinski definition) is 8. The van der Waals surface area contributed by atoms with Gasteiger partial charge in [0, 0.05) is 45.0 Å². The Hall–Kier alpha value is -1.94. The van der Waals surface area contributed by atoms with Crippen LogP contribution < -0.4 is 10.9 Å². The molecule has 3 aromatic rings. The van der Waals surface area contributed by atoms with Crippen LogP contribution >= 0.6 is 11.3 Å². The van der Waals surface area contributed by atoms with Gasteiger partial charge in [0.15, 0.2) is 5.13 Å². The summed E-state index contributed by atoms with van der Waals surface area (Å²) in [5, 5.41) is 4.70. The molecule has 1 aromatic carbocycles. The van der Waals surface area contributed by atoms with Crippen LogP contribution in [0.3, 0.4) is 0 Å². The van der Waals surface area contributed by atoms with Crippen molar-refractivity contribution in [3.05, 3.63) is 45.6 Å². The number of rotatable bonds is 6. The van der Waals surface area contributed by atoms with E-state index in [1.807, 2.05) is 19.9 Å². The van der Waals surface area contributed by atoms with Crippen molar-refractivity contribution < 1.29 is 56.2 Å². The maximum absolute atomic E-state index is 12.2. The van der Waals surface area contributed by atoms with Gasteiger partial charge < -0.3 is 13.9 Å². The smallest absolute Gasteiger partial charge is 0.397 e. The molecule has 29 heavy (non-hydrogen) atoms. The summed E-state index contributed by atoms with van der Waals surface area (Å²) in [4.78, 5) is 39.9. The second kappa shape index (κ2) is 10.7. The Labute approximate surface area is 195 Å². The Kier molecular flexibility index (Phi) is 8.64. The first kappa shape index (κ1) is 23.3. The van der Waals surface area contributed by atoms with E-state index in [9.17, 15) is 14.4 Å². The van der Waals surface area contributed by atoms with Crippen LogP contribution in [0.4, 0.5) is 5.13 Å². The van der Waals surface area contributed by atoms with Crippen molar-refractivity contribution in [3.8, 4) is 11.3 Å². The Balaban J connectivity index is 0.00000300. The fourth-order valence-electron chi connectivity index (χ4n) is 2.32. The van der Waals surface area contributed by atoms with Gasteiger partial charge in [0.25, 0.3) is 5.63 Å². The Morgan fingerprint density at radius 1 is 1.31 bits per heavy atom. The third-order valence-electron chi connectivity index (χ3n) is 3.63. The zero-order chi connectivity index (χ0) is 20.1. The number of benzene rings is 1. The molecule has 10 heteroatoms. The SMILES string of the molecule is CCOCCOC(=O)C(=O)Nc1nc(-c2[c-]c3ccc(C)cc3oc2=O)cs1.[Y]. The predicted molar refractivity (Wildman–Crippen MR) is 103 cm³/mol. The number of fused-ring (bicyclic) bond motifs is 1. The number of anilines is 1. The monoisotopic (exact) mass is 490 g/mol. The van der Waals surface area contributed by atoms with Gasteiger partial charge in [0.05, 0.1) is 12.2 Å². The van der Waals surface area contributed by atoms with Gasteiger partial charge in [-0.15, -0.1) is 23.5 Å². The maximum atomic E-state index is 12.2. The molecule has 149 valence electrons. The zero-order valence-electron chi connectivity index (χ0n) is 15.8. The van der Waals surface area contributed by atoms with Crippen molar-refractivity contribution in [2.45, 2.75) is 13.8 Å². The molecule has 0 saturated heterocycles. The van der Waals surface area contributed by atoms with Gasteiger partial charge in [-0.25, -0.2) is 4.79 Å². The standard InChI is InChI=1S/C19H17N2O6S.Y/c1-3-25-6-7-26-18(24)16(22)21-19-20-14(10-28-19)13-9-12-5-4-11(2)8-15(12)27-17(13)23;/h4-5,8,10H,3,6-7H2,1-2H3,(H,20,21,22);/q-1;. The molecule has 0 fully saturated rings. The number of aryl methyl sites for hydroxylation is 1. The van der Waals surface area contributed by atoms with Gasteiger partial charge in [-0.05, 0) is 24.8 Å². The summed E-state index contributed by atoms with van der Waals surface area (Å²) < 4.78 is 15.1. The molecule has 0 aliphatic heterocycles. The summed E-state index contributed by atoms with van der Waals surface area (Å²) in [6.07, 6.45) is 0. The molecule has 0 atom stereocenters. The maximum Gasteiger partial charge on any atom is 0.397 e. The molecule has 2 heterocycles. The van der Waals surface area contributed by atoms with Crippen molar-refractivity contribution in [2.75, 3.05) is 25.1 Å². The van der Waals surface area contributed by atoms with Gasteiger partial charge in [0.2, 0.25) is 0 Å². The van der Waals surface area contributed by atoms with E-state index in [0.29, 0.717) is 23.3 Å². The Morgan fingerprint density at radius 2 is 2.10 bits per heavy atom. The third-order valence-corrected chi connectivity index (χ3v) is 4.39. The molecular weight excluding hydrogens is 473 g/mol. The fraction of sp³-hybridized carbons (Fsp3) is 0.263. The van der Waals surface area contributed by atoms with E-state index >= 15 is 0 Å². The largest absolute Gasteiger partial charge is 0.496 e. The van der Waals surface area contributed by atoms with Crippen LogP contribution in [-0.2, 0) is 51.8 Å². The summed E-state index contributed by atoms with van der Waals surface area (Å²) in [5.41, 5.74) is 1.25. The third kappa shape index (κ3) is 6.02. The van der Waals surface area contributed by atoms with Crippen molar-refractivity contribution in [1.29, 1.82) is 0 Å². The average molecular weight is 490 g/mol. The van der Waals surface area contributed by atoms with Crippen molar-refractivity contribution >= 4 is 39.3 Å². The molecular formula is C19H17N2O6SY-. The Bertz CT molecular complexity index is 1080. The number of esters is 1. The first-order valence-electron chi connectivity index (χ1n) is 8.46. The zero-order valence-corrected chi connectivity index (χ0v) is 19.5. The normalized spacial score (nSPS) is 10.4. The molecule has 0 aliphatic rings. The number of ether oxygens (including phenoxy) is 2. The molecule has 0 saturated carbocycles. The van der Waals surface area contributed by atoms with E-state index in [0.717, 1.165) is 16.9 Å². The van der Waals surface area contributed by atoms with Gasteiger partial charge in [-0.2, -0.15) is 0 Å². The molecule has 0 unspecified atom stereocenters. The van der Waals surface area contributed by atoms with E-state index in [-0.39, 0.29) is 56.6 Å². The average Bonchev–Trinajstić information content (AvgIpc) is 3.12. The molecule has 0 aliphatic carbocycles. The minimum absolute atomic E-state index is 0. The van der Waals surface area contributed by atoms with Crippen LogP contribution in [0.15, 0.2) is 32.8 Å². The van der Waals surface area contributed by atoms with Crippen molar-refractivity contribution in [2.24, 2.45) is 0 Å². The predicted octanol–water partition coefficient (Wildman–Crippen LogP) is 2.54. The van der Waals surface area contributed by atoms with Gasteiger partial charge in [0.1, 0.15) is 6.61 Å². The summed E-state index contributed by atoms with van der Waals surface area (Å²) >= 11 is 1.06. The van der Waals surface area contributed by atoms with Gasteiger partial charge >= 0.3 is 11.9 Å². The minimum atomic E-state index is -1.04. The molecule has 0 spiro atoms. The first-order valence-corrected chi connectivity index (χ1v) is 9.34. The molecule has 3 rings (SSSR count). The van der Waals surface area contributed by atoms with Crippen LogP contribution in [-0.4, -0.2) is 36.7 Å². The molecule has 1 radical (unpaired) electrons. The molecule has 1 N–H and O–H groups in total. The first-order chi connectivity index (χ1) is 13.5. The Morgan fingerprint density at radius 3 is 2.86 bits per heavy atom. The van der Waals surface area contributed by atoms with E-state index in [4.69, 9.17) is 13.9 Å². The van der Waals surface area contributed by atoms with Crippen LogP contribution in [0, 0.1) is 13.0 Å². The molecule has 8 nitrogen and oxygen atoms in total. The van der Waals surface area contributed by atoms with E-state index < -0.39 is 17.5 Å². The minimum Gasteiger partial charge on any atom is -0.496 e. The van der Waals surface area contributed by atoms with Crippen LogP contribution in [0.25, 0.3) is 22.2 Å². The molecule has 1 amide bonds.